The normalized spacial score (nSPS) is 12.3. The first-order valence-corrected chi connectivity index (χ1v) is 13.4. The summed E-state index contributed by atoms with van der Waals surface area (Å²) in [5, 5.41) is 2.73. The minimum Gasteiger partial charge on any atom is -0.449 e. The minimum absolute atomic E-state index is 0.0406. The van der Waals surface area contributed by atoms with Gasteiger partial charge in [0.2, 0.25) is 0 Å². The summed E-state index contributed by atoms with van der Waals surface area (Å²) >= 11 is 0. The van der Waals surface area contributed by atoms with E-state index in [0.717, 1.165) is 0 Å². The van der Waals surface area contributed by atoms with Crippen molar-refractivity contribution in [3.63, 3.8) is 0 Å². The van der Waals surface area contributed by atoms with Crippen molar-refractivity contribution in [2.75, 3.05) is 99.1 Å². The molecule has 0 heterocycles. The van der Waals surface area contributed by atoms with Crippen LogP contribution in [0.5, 0.6) is 0 Å². The highest BCUT2D eigenvalue weighted by Gasteiger charge is 2.28. The second-order valence-electron chi connectivity index (χ2n) is 8.62. The van der Waals surface area contributed by atoms with Crippen molar-refractivity contribution in [3.05, 3.63) is 59.7 Å². The molecule has 9 nitrogen and oxygen atoms in total. The van der Waals surface area contributed by atoms with Gasteiger partial charge >= 0.3 is 6.09 Å². The molecule has 39 heavy (non-hydrogen) atoms. The summed E-state index contributed by atoms with van der Waals surface area (Å²) in [6, 6.07) is 16.5. The molecule has 0 atom stereocenters. The number of amides is 1. The highest BCUT2D eigenvalue weighted by molar-refractivity contribution is 5.79. The number of hydrogen-bond donors (Lipinski definition) is 1. The van der Waals surface area contributed by atoms with Gasteiger partial charge in [-0.3, -0.25) is 0 Å². The Morgan fingerprint density at radius 1 is 0.615 bits per heavy atom. The molecule has 216 valence electrons. The Morgan fingerprint density at radius 2 is 1.03 bits per heavy atom. The van der Waals surface area contributed by atoms with E-state index in [0.29, 0.717) is 79.2 Å². The number of nitrogens with one attached hydrogen (secondary N) is 1. The number of carbonyl (C=O) groups is 1. The predicted octanol–water partition coefficient (Wildman–Crippen LogP) is 3.59. The lowest BCUT2D eigenvalue weighted by Gasteiger charge is -2.14. The van der Waals surface area contributed by atoms with Gasteiger partial charge in [-0.2, -0.15) is 0 Å². The van der Waals surface area contributed by atoms with Crippen molar-refractivity contribution in [2.24, 2.45) is 0 Å². The van der Waals surface area contributed by atoms with Gasteiger partial charge in [0.15, 0.2) is 0 Å². The van der Waals surface area contributed by atoms with E-state index in [2.05, 4.69) is 29.6 Å². The number of hydrogen-bond acceptors (Lipinski definition) is 8. The molecule has 0 saturated carbocycles. The van der Waals surface area contributed by atoms with Crippen molar-refractivity contribution < 1.29 is 42.3 Å². The quantitative estimate of drug-likeness (QED) is 0.223. The number of alkyl carbamates (subject to hydrolysis) is 1. The summed E-state index contributed by atoms with van der Waals surface area (Å²) in [7, 11) is 0. The first-order valence-electron chi connectivity index (χ1n) is 13.4. The first kappa shape index (κ1) is 30.9. The highest BCUT2D eigenvalue weighted by Crippen LogP contribution is 2.44. The fourth-order valence-electron chi connectivity index (χ4n) is 4.13. The average molecular weight is 550 g/mol. The van der Waals surface area contributed by atoms with Crippen molar-refractivity contribution >= 4 is 6.09 Å². The number of alkyl halides is 1. The van der Waals surface area contributed by atoms with Gasteiger partial charge in [-0.1, -0.05) is 48.5 Å². The van der Waals surface area contributed by atoms with Crippen LogP contribution < -0.4 is 5.32 Å². The third kappa shape index (κ3) is 11.6. The third-order valence-electron chi connectivity index (χ3n) is 5.94. The molecule has 3 rings (SSSR count). The van der Waals surface area contributed by atoms with Gasteiger partial charge in [0.25, 0.3) is 0 Å². The summed E-state index contributed by atoms with van der Waals surface area (Å²) in [4.78, 5) is 12.2. The van der Waals surface area contributed by atoms with E-state index >= 15 is 0 Å². The number of rotatable bonds is 22. The summed E-state index contributed by atoms with van der Waals surface area (Å²) in [5.74, 6) is 0.0406. The van der Waals surface area contributed by atoms with Crippen LogP contribution in [0.1, 0.15) is 17.0 Å². The maximum absolute atomic E-state index is 12.2. The van der Waals surface area contributed by atoms with Crippen LogP contribution in [-0.2, 0) is 33.2 Å². The van der Waals surface area contributed by atoms with Crippen LogP contribution in [-0.4, -0.2) is 105 Å². The average Bonchev–Trinajstić information content (AvgIpc) is 3.28. The SMILES string of the molecule is O=C(NCCOCCOCCOCCOCCOCCOCCF)OCC1c2ccccc2-c2ccccc21. The number of ether oxygens (including phenoxy) is 7. The lowest BCUT2D eigenvalue weighted by atomic mass is 9.98. The van der Waals surface area contributed by atoms with Crippen molar-refractivity contribution in [3.8, 4) is 11.1 Å². The molecule has 0 radical (unpaired) electrons. The van der Waals surface area contributed by atoms with Crippen LogP contribution in [0.15, 0.2) is 48.5 Å². The summed E-state index contributed by atoms with van der Waals surface area (Å²) in [6.07, 6.45) is -0.454. The standard InChI is InChI=1S/C29H40FNO8/c30-9-11-33-13-15-35-17-19-37-21-22-38-20-18-36-16-14-34-12-10-31-29(32)39-23-28-26-7-3-1-5-24(26)25-6-2-4-8-27(25)28/h1-8,28H,9-23H2,(H,31,32). The lowest BCUT2D eigenvalue weighted by Crippen LogP contribution is -2.29. The largest absolute Gasteiger partial charge is 0.449 e. The maximum Gasteiger partial charge on any atom is 0.407 e. The van der Waals surface area contributed by atoms with Crippen molar-refractivity contribution in [2.45, 2.75) is 5.92 Å². The Kier molecular flexibility index (Phi) is 15.4. The molecule has 10 heteroatoms. The Bertz CT molecular complexity index is 902. The summed E-state index contributed by atoms with van der Waals surface area (Å²) < 4.78 is 49.3. The Balaban J connectivity index is 1.09. The molecular formula is C29H40FNO8. The van der Waals surface area contributed by atoms with E-state index in [9.17, 15) is 9.18 Å². The fourth-order valence-corrected chi connectivity index (χ4v) is 4.13. The Morgan fingerprint density at radius 3 is 1.49 bits per heavy atom. The van der Waals surface area contributed by atoms with Crippen molar-refractivity contribution in [1.29, 1.82) is 0 Å². The molecule has 0 saturated heterocycles. The van der Waals surface area contributed by atoms with Gasteiger partial charge in [0.05, 0.1) is 79.3 Å². The molecule has 1 aliphatic rings. The molecule has 1 aliphatic carbocycles. The van der Waals surface area contributed by atoms with E-state index < -0.39 is 12.8 Å². The van der Waals surface area contributed by atoms with Crippen LogP contribution in [0.3, 0.4) is 0 Å². The lowest BCUT2D eigenvalue weighted by molar-refractivity contribution is -0.0170. The van der Waals surface area contributed by atoms with Crippen LogP contribution in [0.25, 0.3) is 11.1 Å². The van der Waals surface area contributed by atoms with E-state index in [1.54, 1.807) is 0 Å². The molecule has 0 spiro atoms. The Hall–Kier alpha value is -2.60. The van der Waals surface area contributed by atoms with Gasteiger partial charge in [-0.25, -0.2) is 9.18 Å². The van der Waals surface area contributed by atoms with E-state index in [4.69, 9.17) is 33.2 Å². The molecule has 0 bridgehead atoms. The van der Waals surface area contributed by atoms with Crippen LogP contribution in [0, 0.1) is 0 Å². The Labute approximate surface area is 229 Å². The van der Waals surface area contributed by atoms with Crippen LogP contribution >= 0.6 is 0 Å². The smallest absolute Gasteiger partial charge is 0.407 e. The van der Waals surface area contributed by atoms with Crippen LogP contribution in [0.4, 0.5) is 9.18 Å². The van der Waals surface area contributed by atoms with Gasteiger partial charge in [0, 0.05) is 12.5 Å². The molecule has 1 N–H and O–H groups in total. The van der Waals surface area contributed by atoms with Gasteiger partial charge in [-0.05, 0) is 22.3 Å². The van der Waals surface area contributed by atoms with Crippen molar-refractivity contribution in [1.82, 2.24) is 5.32 Å². The van der Waals surface area contributed by atoms with Gasteiger partial charge < -0.3 is 38.5 Å². The van der Waals surface area contributed by atoms with E-state index in [-0.39, 0.29) is 19.1 Å². The molecule has 0 aliphatic heterocycles. The van der Waals surface area contributed by atoms with Gasteiger partial charge in [-0.15, -0.1) is 0 Å². The second-order valence-corrected chi connectivity index (χ2v) is 8.62. The number of benzene rings is 2. The monoisotopic (exact) mass is 549 g/mol. The zero-order valence-electron chi connectivity index (χ0n) is 22.4. The zero-order valence-corrected chi connectivity index (χ0v) is 22.4. The summed E-state index contributed by atoms with van der Waals surface area (Å²) in [6.45, 7) is 5.13. The first-order chi connectivity index (χ1) is 19.3. The topological polar surface area (TPSA) is 93.7 Å². The molecule has 2 aromatic carbocycles. The molecule has 1 amide bonds. The number of carbonyl (C=O) groups excluding carboxylic acids is 1. The molecule has 0 aromatic heterocycles. The fraction of sp³-hybridized carbons (Fsp3) is 0.552. The maximum atomic E-state index is 12.2. The number of halogens is 1. The molecule has 2 aromatic rings. The third-order valence-corrected chi connectivity index (χ3v) is 5.94. The summed E-state index contributed by atoms with van der Waals surface area (Å²) in [5.41, 5.74) is 4.77. The zero-order chi connectivity index (χ0) is 27.4. The molecular weight excluding hydrogens is 509 g/mol. The second kappa shape index (κ2) is 19.5. The van der Waals surface area contributed by atoms with Gasteiger partial charge in [0.1, 0.15) is 13.3 Å². The predicted molar refractivity (Wildman–Crippen MR) is 144 cm³/mol. The van der Waals surface area contributed by atoms with E-state index in [1.807, 2.05) is 24.3 Å². The van der Waals surface area contributed by atoms with Crippen LogP contribution in [0.2, 0.25) is 0 Å². The molecule has 0 fully saturated rings. The van der Waals surface area contributed by atoms with E-state index in [1.165, 1.54) is 22.3 Å². The highest BCUT2D eigenvalue weighted by atomic mass is 19.1. The number of fused-ring (bicyclic) bond motifs is 3. The molecule has 0 unspecified atom stereocenters. The minimum atomic E-state index is -0.479.